The van der Waals surface area contributed by atoms with Gasteiger partial charge in [-0.05, 0) is 71.2 Å². The van der Waals surface area contributed by atoms with Crippen molar-refractivity contribution in [2.45, 2.75) is 83.1 Å². The van der Waals surface area contributed by atoms with Crippen molar-refractivity contribution in [1.82, 2.24) is 15.5 Å². The number of thiocarbonyl (C=S) groups is 1. The SMILES string of the molecule is CC1(C)CC(NC(=S)N(Cc2ccccc2)CC2CCCO2)CC(C)(C)N1. The highest BCUT2D eigenvalue weighted by atomic mass is 32.1. The number of hydrogen-bond acceptors (Lipinski definition) is 3. The summed E-state index contributed by atoms with van der Waals surface area (Å²) in [5, 5.41) is 8.29. The summed E-state index contributed by atoms with van der Waals surface area (Å²) in [6, 6.07) is 11.0. The Morgan fingerprint density at radius 3 is 2.44 bits per heavy atom. The molecule has 1 aromatic carbocycles. The molecule has 0 radical (unpaired) electrons. The molecule has 2 aliphatic heterocycles. The van der Waals surface area contributed by atoms with E-state index in [4.69, 9.17) is 17.0 Å². The zero-order valence-electron chi connectivity index (χ0n) is 17.3. The zero-order valence-corrected chi connectivity index (χ0v) is 18.1. The van der Waals surface area contributed by atoms with Gasteiger partial charge in [-0.15, -0.1) is 0 Å². The van der Waals surface area contributed by atoms with Crippen molar-refractivity contribution in [3.8, 4) is 0 Å². The highest BCUT2D eigenvalue weighted by molar-refractivity contribution is 7.80. The van der Waals surface area contributed by atoms with E-state index in [1.54, 1.807) is 0 Å². The number of ether oxygens (including phenoxy) is 1. The molecule has 1 atom stereocenters. The number of hydrogen-bond donors (Lipinski definition) is 2. The van der Waals surface area contributed by atoms with Crippen molar-refractivity contribution in [3.05, 3.63) is 35.9 Å². The van der Waals surface area contributed by atoms with E-state index in [1.165, 1.54) is 5.56 Å². The number of nitrogens with one attached hydrogen (secondary N) is 2. The van der Waals surface area contributed by atoms with Crippen molar-refractivity contribution < 1.29 is 4.74 Å². The molecule has 5 heteroatoms. The van der Waals surface area contributed by atoms with Gasteiger partial charge >= 0.3 is 0 Å². The van der Waals surface area contributed by atoms with E-state index in [-0.39, 0.29) is 17.2 Å². The minimum atomic E-state index is 0.105. The number of rotatable bonds is 5. The third kappa shape index (κ3) is 6.16. The number of piperidine rings is 1. The topological polar surface area (TPSA) is 36.5 Å². The quantitative estimate of drug-likeness (QED) is 0.748. The summed E-state index contributed by atoms with van der Waals surface area (Å²) in [6.07, 6.45) is 4.70. The summed E-state index contributed by atoms with van der Waals surface area (Å²) in [7, 11) is 0. The molecule has 1 unspecified atom stereocenters. The summed E-state index contributed by atoms with van der Waals surface area (Å²) in [5.74, 6) is 0. The smallest absolute Gasteiger partial charge is 0.169 e. The first-order chi connectivity index (χ1) is 12.7. The lowest BCUT2D eigenvalue weighted by Gasteiger charge is -2.47. The molecule has 0 bridgehead atoms. The first-order valence-corrected chi connectivity index (χ1v) is 10.6. The van der Waals surface area contributed by atoms with E-state index in [0.717, 1.165) is 50.5 Å². The van der Waals surface area contributed by atoms with Gasteiger partial charge in [-0.2, -0.15) is 0 Å². The maximum atomic E-state index is 5.89. The van der Waals surface area contributed by atoms with Crippen molar-refractivity contribution in [2.24, 2.45) is 0 Å². The van der Waals surface area contributed by atoms with Gasteiger partial charge in [-0.1, -0.05) is 30.3 Å². The summed E-state index contributed by atoms with van der Waals surface area (Å²) < 4.78 is 5.89. The van der Waals surface area contributed by atoms with Crippen molar-refractivity contribution in [2.75, 3.05) is 13.2 Å². The number of benzene rings is 1. The maximum Gasteiger partial charge on any atom is 0.169 e. The van der Waals surface area contributed by atoms with Crippen LogP contribution in [0.2, 0.25) is 0 Å². The summed E-state index contributed by atoms with van der Waals surface area (Å²) >= 11 is 5.88. The second-order valence-electron chi connectivity index (χ2n) is 9.45. The Morgan fingerprint density at radius 2 is 1.85 bits per heavy atom. The van der Waals surface area contributed by atoms with Crippen LogP contribution in [-0.2, 0) is 11.3 Å². The van der Waals surface area contributed by atoms with Crippen LogP contribution >= 0.6 is 12.2 Å². The largest absolute Gasteiger partial charge is 0.376 e. The van der Waals surface area contributed by atoms with Crippen LogP contribution in [0.1, 0.15) is 58.9 Å². The van der Waals surface area contributed by atoms with Gasteiger partial charge in [0.15, 0.2) is 5.11 Å². The minimum absolute atomic E-state index is 0.105. The Bertz CT molecular complexity index is 610. The molecule has 2 fully saturated rings. The molecule has 150 valence electrons. The van der Waals surface area contributed by atoms with Crippen molar-refractivity contribution >= 4 is 17.3 Å². The van der Waals surface area contributed by atoms with E-state index >= 15 is 0 Å². The zero-order chi connectivity index (χ0) is 19.5. The molecule has 2 aliphatic rings. The van der Waals surface area contributed by atoms with Gasteiger partial charge < -0.3 is 20.3 Å². The summed E-state index contributed by atoms with van der Waals surface area (Å²) in [4.78, 5) is 2.29. The van der Waals surface area contributed by atoms with Crippen LogP contribution in [0.4, 0.5) is 0 Å². The fourth-order valence-corrected chi connectivity index (χ4v) is 5.05. The molecule has 2 heterocycles. The van der Waals surface area contributed by atoms with E-state index in [1.807, 2.05) is 0 Å². The molecule has 27 heavy (non-hydrogen) atoms. The average molecular weight is 390 g/mol. The maximum absolute atomic E-state index is 5.89. The fourth-order valence-electron chi connectivity index (χ4n) is 4.75. The Morgan fingerprint density at radius 1 is 1.19 bits per heavy atom. The Balaban J connectivity index is 1.67. The lowest BCUT2D eigenvalue weighted by atomic mass is 9.80. The molecule has 0 spiro atoms. The van der Waals surface area contributed by atoms with Crippen LogP contribution in [0.5, 0.6) is 0 Å². The second kappa shape index (κ2) is 8.46. The van der Waals surface area contributed by atoms with Gasteiger partial charge in [-0.3, -0.25) is 0 Å². The third-order valence-electron chi connectivity index (χ3n) is 5.47. The first-order valence-electron chi connectivity index (χ1n) is 10.2. The predicted molar refractivity (Wildman–Crippen MR) is 116 cm³/mol. The van der Waals surface area contributed by atoms with Crippen LogP contribution in [0, 0.1) is 0 Å². The molecule has 2 saturated heterocycles. The van der Waals surface area contributed by atoms with Gasteiger partial charge in [0, 0.05) is 36.8 Å². The minimum Gasteiger partial charge on any atom is -0.376 e. The molecule has 0 aliphatic carbocycles. The van der Waals surface area contributed by atoms with Gasteiger partial charge in [-0.25, -0.2) is 0 Å². The lowest BCUT2D eigenvalue weighted by Crippen LogP contribution is -2.63. The molecule has 0 saturated carbocycles. The van der Waals surface area contributed by atoms with Gasteiger partial charge in [0.2, 0.25) is 0 Å². The van der Waals surface area contributed by atoms with Gasteiger partial charge in [0.1, 0.15) is 0 Å². The third-order valence-corrected chi connectivity index (χ3v) is 5.85. The van der Waals surface area contributed by atoms with E-state index in [0.29, 0.717) is 6.04 Å². The molecule has 4 nitrogen and oxygen atoms in total. The van der Waals surface area contributed by atoms with Crippen LogP contribution < -0.4 is 10.6 Å². The molecule has 1 aromatic rings. The highest BCUT2D eigenvalue weighted by Crippen LogP contribution is 2.28. The average Bonchev–Trinajstić information content (AvgIpc) is 3.05. The Kier molecular flexibility index (Phi) is 6.44. The van der Waals surface area contributed by atoms with E-state index in [2.05, 4.69) is 73.6 Å². The van der Waals surface area contributed by atoms with Crippen LogP contribution in [0.3, 0.4) is 0 Å². The molecular formula is C22H35N3OS. The predicted octanol–water partition coefficient (Wildman–Crippen LogP) is 3.85. The summed E-state index contributed by atoms with van der Waals surface area (Å²) in [5.41, 5.74) is 1.49. The molecular weight excluding hydrogens is 354 g/mol. The van der Waals surface area contributed by atoms with Crippen molar-refractivity contribution in [3.63, 3.8) is 0 Å². The molecule has 2 N–H and O–H groups in total. The van der Waals surface area contributed by atoms with E-state index in [9.17, 15) is 0 Å². The number of nitrogens with zero attached hydrogens (tertiary/aromatic N) is 1. The fraction of sp³-hybridized carbons (Fsp3) is 0.682. The standard InChI is InChI=1S/C22H35N3OS/c1-21(2)13-18(14-22(3,4)24-21)23-20(27)25(16-19-11-8-12-26-19)15-17-9-6-5-7-10-17/h5-7,9-10,18-19,24H,8,11-16H2,1-4H3,(H,23,27). The molecule has 0 aromatic heterocycles. The molecule has 3 rings (SSSR count). The highest BCUT2D eigenvalue weighted by Gasteiger charge is 2.38. The van der Waals surface area contributed by atoms with Crippen LogP contribution in [0.25, 0.3) is 0 Å². The van der Waals surface area contributed by atoms with Crippen LogP contribution in [0.15, 0.2) is 30.3 Å². The van der Waals surface area contributed by atoms with E-state index < -0.39 is 0 Å². The Hall–Kier alpha value is -1.17. The van der Waals surface area contributed by atoms with Crippen molar-refractivity contribution in [1.29, 1.82) is 0 Å². The molecule has 0 amide bonds. The van der Waals surface area contributed by atoms with Crippen LogP contribution in [-0.4, -0.2) is 46.4 Å². The second-order valence-corrected chi connectivity index (χ2v) is 9.84. The van der Waals surface area contributed by atoms with Gasteiger partial charge in [0.05, 0.1) is 6.10 Å². The monoisotopic (exact) mass is 389 g/mol. The van der Waals surface area contributed by atoms with Gasteiger partial charge in [0.25, 0.3) is 0 Å². The summed E-state index contributed by atoms with van der Waals surface area (Å²) in [6.45, 7) is 11.7. The normalized spacial score (nSPS) is 24.5. The first kappa shape index (κ1) is 20.6. The Labute approximate surface area is 170 Å². The lowest BCUT2D eigenvalue weighted by molar-refractivity contribution is 0.0887.